The number of aliphatic hydroxyl groups excluding tert-OH is 2. The molecule has 0 fully saturated rings. The molecule has 3 N–H and O–H groups in total. The molecule has 0 bridgehead atoms. The Morgan fingerprint density at radius 2 is 1.86 bits per heavy atom. The molecule has 3 heterocycles. The first kappa shape index (κ1) is 29.1. The summed E-state index contributed by atoms with van der Waals surface area (Å²) < 4.78 is 0.578. The molecular formula is C21H25Cl3N6O4S. The molecule has 0 spiro atoms. The minimum atomic E-state index is -0.497. The Balaban J connectivity index is 0.000000303. The number of nitrogens with zero attached hydrogens (tertiary/aromatic N) is 5. The second kappa shape index (κ2) is 15.1. The second-order valence-electron chi connectivity index (χ2n) is 7.09. The first-order valence-electron chi connectivity index (χ1n) is 10.5. The van der Waals surface area contributed by atoms with E-state index in [0.29, 0.717) is 33.8 Å². The first-order valence-corrected chi connectivity index (χ1v) is 12.4. The van der Waals surface area contributed by atoms with Crippen LogP contribution >= 0.6 is 46.1 Å². The van der Waals surface area contributed by atoms with Crippen molar-refractivity contribution in [1.82, 2.24) is 20.3 Å². The predicted molar refractivity (Wildman–Crippen MR) is 139 cm³/mol. The maximum Gasteiger partial charge on any atom is 0.314 e. The van der Waals surface area contributed by atoms with Crippen LogP contribution in [0.5, 0.6) is 0 Å². The molecule has 35 heavy (non-hydrogen) atoms. The van der Waals surface area contributed by atoms with Gasteiger partial charge in [-0.1, -0.05) is 34.8 Å². The van der Waals surface area contributed by atoms with Crippen LogP contribution in [0.15, 0.2) is 30.6 Å². The lowest BCUT2D eigenvalue weighted by Crippen LogP contribution is -2.22. The van der Waals surface area contributed by atoms with Gasteiger partial charge in [0.15, 0.2) is 4.47 Å². The lowest BCUT2D eigenvalue weighted by Gasteiger charge is -2.23. The molecule has 3 aromatic rings. The van der Waals surface area contributed by atoms with E-state index in [-0.39, 0.29) is 29.9 Å². The van der Waals surface area contributed by atoms with Crippen LogP contribution in [0.1, 0.15) is 23.3 Å². The van der Waals surface area contributed by atoms with E-state index in [9.17, 15) is 10.1 Å². The highest BCUT2D eigenvalue weighted by Gasteiger charge is 2.26. The fraction of sp³-hybridized carbons (Fsp3) is 0.381. The largest absolute Gasteiger partial charge is 0.396 e. The van der Waals surface area contributed by atoms with Crippen LogP contribution in [0.4, 0.5) is 17.2 Å². The zero-order chi connectivity index (χ0) is 25.8. The molecule has 0 unspecified atom stereocenters. The Morgan fingerprint density at radius 3 is 2.43 bits per heavy atom. The standard InChI is InChI=1S/C14H14Cl2N4O3.C7H11ClN2OS/c1-9-7-12(16)18-14(13(9)20(22)23)19(5-2-6-21)10-3-4-11(15)17-8-10;8-7-10-5-6(12-7)4-9-2-1-3-11/h3-4,7-8,21H,2,5-6H2,1H3;5,9,11H,1-4H2. The van der Waals surface area contributed by atoms with Crippen molar-refractivity contribution in [1.29, 1.82) is 0 Å². The highest BCUT2D eigenvalue weighted by atomic mass is 35.5. The number of anilines is 2. The van der Waals surface area contributed by atoms with Crippen LogP contribution in [-0.4, -0.2) is 56.4 Å². The zero-order valence-corrected chi connectivity index (χ0v) is 21.9. The topological polar surface area (TPSA) is 138 Å². The molecule has 190 valence electrons. The lowest BCUT2D eigenvalue weighted by atomic mass is 10.2. The van der Waals surface area contributed by atoms with Gasteiger partial charge in [-0.2, -0.15) is 0 Å². The third-order valence-corrected chi connectivity index (χ3v) is 6.00. The number of aromatic nitrogens is 3. The Morgan fingerprint density at radius 1 is 1.11 bits per heavy atom. The van der Waals surface area contributed by atoms with Crippen LogP contribution < -0.4 is 10.2 Å². The van der Waals surface area contributed by atoms with Gasteiger partial charge in [0.05, 0.1) is 16.8 Å². The van der Waals surface area contributed by atoms with E-state index in [2.05, 4.69) is 20.3 Å². The van der Waals surface area contributed by atoms with E-state index in [1.54, 1.807) is 30.2 Å². The van der Waals surface area contributed by atoms with Crippen molar-refractivity contribution in [2.75, 3.05) is 31.2 Å². The van der Waals surface area contributed by atoms with E-state index in [1.165, 1.54) is 23.6 Å². The van der Waals surface area contributed by atoms with Crippen molar-refractivity contribution in [2.24, 2.45) is 0 Å². The van der Waals surface area contributed by atoms with Crippen LogP contribution in [0.25, 0.3) is 0 Å². The van der Waals surface area contributed by atoms with Crippen LogP contribution in [0, 0.1) is 17.0 Å². The molecule has 0 amide bonds. The maximum atomic E-state index is 11.4. The minimum absolute atomic E-state index is 0.0646. The van der Waals surface area contributed by atoms with Crippen molar-refractivity contribution < 1.29 is 15.1 Å². The number of halogens is 3. The fourth-order valence-corrected chi connectivity index (χ4v) is 4.22. The van der Waals surface area contributed by atoms with Crippen molar-refractivity contribution >= 4 is 63.3 Å². The number of nitro groups is 1. The van der Waals surface area contributed by atoms with Gasteiger partial charge in [0.25, 0.3) is 0 Å². The zero-order valence-electron chi connectivity index (χ0n) is 18.8. The van der Waals surface area contributed by atoms with Gasteiger partial charge in [0.1, 0.15) is 10.3 Å². The molecule has 14 heteroatoms. The van der Waals surface area contributed by atoms with Crippen LogP contribution in [0.3, 0.4) is 0 Å². The summed E-state index contributed by atoms with van der Waals surface area (Å²) >= 11 is 18.9. The smallest absolute Gasteiger partial charge is 0.314 e. The van der Waals surface area contributed by atoms with Crippen molar-refractivity contribution in [3.63, 3.8) is 0 Å². The summed E-state index contributed by atoms with van der Waals surface area (Å²) in [4.78, 5) is 25.7. The number of aryl methyl sites for hydroxylation is 1. The normalized spacial score (nSPS) is 10.6. The maximum absolute atomic E-state index is 11.4. The SMILES string of the molecule is Cc1cc(Cl)nc(N(CCCO)c2ccc(Cl)nc2)c1[N+](=O)[O-].OCCCNCc1cnc(Cl)s1. The van der Waals surface area contributed by atoms with E-state index in [0.717, 1.165) is 24.4 Å². The monoisotopic (exact) mass is 562 g/mol. The summed E-state index contributed by atoms with van der Waals surface area (Å²) in [6.45, 7) is 3.69. The number of rotatable bonds is 11. The molecule has 0 saturated heterocycles. The summed E-state index contributed by atoms with van der Waals surface area (Å²) in [6, 6.07) is 4.69. The molecule has 3 rings (SSSR count). The molecule has 0 aromatic carbocycles. The molecule has 3 aromatic heterocycles. The fourth-order valence-electron chi connectivity index (χ4n) is 2.92. The quantitative estimate of drug-likeness (QED) is 0.130. The summed E-state index contributed by atoms with van der Waals surface area (Å²) in [5.41, 5.74) is 0.836. The predicted octanol–water partition coefficient (Wildman–Crippen LogP) is 4.79. The Bertz CT molecular complexity index is 1090. The van der Waals surface area contributed by atoms with Crippen LogP contribution in [0.2, 0.25) is 14.8 Å². The highest BCUT2D eigenvalue weighted by Crippen LogP contribution is 2.36. The molecule has 0 aliphatic heterocycles. The molecule has 0 saturated carbocycles. The number of hydrogen-bond donors (Lipinski definition) is 3. The van der Waals surface area contributed by atoms with Gasteiger partial charge in [0, 0.05) is 42.9 Å². The van der Waals surface area contributed by atoms with E-state index >= 15 is 0 Å². The van der Waals surface area contributed by atoms with Crippen molar-refractivity contribution in [2.45, 2.75) is 26.3 Å². The number of hydrogen-bond acceptors (Lipinski definition) is 10. The third kappa shape index (κ3) is 9.45. The molecule has 0 atom stereocenters. The van der Waals surface area contributed by atoms with Crippen molar-refractivity contribution in [3.8, 4) is 0 Å². The summed E-state index contributed by atoms with van der Waals surface area (Å²) in [6.07, 6.45) is 4.43. The Hall–Kier alpha value is -2.12. The van der Waals surface area contributed by atoms with E-state index in [1.807, 2.05) is 0 Å². The number of nitrogens with one attached hydrogen (secondary N) is 1. The third-order valence-electron chi connectivity index (χ3n) is 4.47. The molecule has 0 radical (unpaired) electrons. The highest BCUT2D eigenvalue weighted by molar-refractivity contribution is 7.15. The number of thiazole rings is 1. The van der Waals surface area contributed by atoms with Crippen molar-refractivity contribution in [3.05, 3.63) is 65.9 Å². The van der Waals surface area contributed by atoms with Gasteiger partial charge < -0.3 is 20.4 Å². The van der Waals surface area contributed by atoms with Gasteiger partial charge in [-0.3, -0.25) is 10.1 Å². The molecule has 10 nitrogen and oxygen atoms in total. The molecule has 0 aliphatic rings. The number of pyridine rings is 2. The molecule has 0 aliphatic carbocycles. The Labute approximate surface area is 221 Å². The number of aliphatic hydroxyl groups is 2. The molecular weight excluding hydrogens is 539 g/mol. The van der Waals surface area contributed by atoms with Gasteiger partial charge in [-0.05, 0) is 44.5 Å². The van der Waals surface area contributed by atoms with Gasteiger partial charge in [0.2, 0.25) is 5.82 Å². The average molecular weight is 564 g/mol. The van der Waals surface area contributed by atoms with Gasteiger partial charge in [-0.25, -0.2) is 15.0 Å². The lowest BCUT2D eigenvalue weighted by molar-refractivity contribution is -0.384. The van der Waals surface area contributed by atoms with E-state index in [4.69, 9.17) is 45.0 Å². The average Bonchev–Trinajstić information content (AvgIpc) is 3.23. The van der Waals surface area contributed by atoms with E-state index < -0.39 is 4.92 Å². The van der Waals surface area contributed by atoms with Crippen LogP contribution in [-0.2, 0) is 6.54 Å². The second-order valence-corrected chi connectivity index (χ2v) is 9.56. The first-order chi connectivity index (χ1) is 16.8. The van der Waals surface area contributed by atoms with Gasteiger partial charge in [-0.15, -0.1) is 11.3 Å². The van der Waals surface area contributed by atoms with Gasteiger partial charge >= 0.3 is 5.69 Å². The summed E-state index contributed by atoms with van der Waals surface area (Å²) in [5, 5.41) is 32.6. The summed E-state index contributed by atoms with van der Waals surface area (Å²) in [5.74, 6) is 0.109. The summed E-state index contributed by atoms with van der Waals surface area (Å²) in [7, 11) is 0. The minimum Gasteiger partial charge on any atom is -0.396 e. The Kier molecular flexibility index (Phi) is 12.6.